The molecule has 102 valence electrons. The van der Waals surface area contributed by atoms with Gasteiger partial charge in [-0.05, 0) is 23.6 Å². The molecule has 0 aromatic heterocycles. The van der Waals surface area contributed by atoms with Gasteiger partial charge in [-0.3, -0.25) is 0 Å². The van der Waals surface area contributed by atoms with Crippen LogP contribution in [0.25, 0.3) is 22.4 Å². The number of fused-ring (bicyclic) bond motifs is 3. The van der Waals surface area contributed by atoms with Crippen LogP contribution in [-0.4, -0.2) is 19.2 Å². The molecule has 0 aliphatic carbocycles. The van der Waals surface area contributed by atoms with Gasteiger partial charge in [0.15, 0.2) is 5.82 Å². The summed E-state index contributed by atoms with van der Waals surface area (Å²) in [4.78, 5) is 8.88. The van der Waals surface area contributed by atoms with Gasteiger partial charge in [0.05, 0.1) is 5.52 Å². The molecule has 0 amide bonds. The van der Waals surface area contributed by atoms with E-state index in [0.29, 0.717) is 5.82 Å². The second-order valence-electron chi connectivity index (χ2n) is 4.71. The summed E-state index contributed by atoms with van der Waals surface area (Å²) in [7, 11) is 0. The largest absolute Gasteiger partial charge is 0.226 e. The smallest absolute Gasteiger partial charge is 0.182 e. The van der Waals surface area contributed by atoms with E-state index < -0.39 is 0 Å². The van der Waals surface area contributed by atoms with Crippen molar-refractivity contribution >= 4 is 22.9 Å². The molecule has 4 nitrogen and oxygen atoms in total. The van der Waals surface area contributed by atoms with Gasteiger partial charge in [0.25, 0.3) is 0 Å². The van der Waals surface area contributed by atoms with E-state index in [-0.39, 0.29) is 0 Å². The predicted molar refractivity (Wildman–Crippen MR) is 85.1 cm³/mol. The van der Waals surface area contributed by atoms with Crippen molar-refractivity contribution in [3.8, 4) is 11.5 Å². The number of para-hydroxylation sites is 1. The lowest BCUT2D eigenvalue weighted by Gasteiger charge is -2.05. The van der Waals surface area contributed by atoms with E-state index in [1.807, 2.05) is 46.6 Å². The molecule has 0 N–H and O–H groups in total. The number of rotatable bonds is 3. The van der Waals surface area contributed by atoms with E-state index in [9.17, 15) is 0 Å². The summed E-state index contributed by atoms with van der Waals surface area (Å²) >= 11 is 1.62. The van der Waals surface area contributed by atoms with Gasteiger partial charge in [0.1, 0.15) is 12.0 Å². The number of hydrogen-bond donors (Lipinski definition) is 0. The van der Waals surface area contributed by atoms with Crippen LogP contribution in [0.1, 0.15) is 5.56 Å². The van der Waals surface area contributed by atoms with Crippen molar-refractivity contribution < 1.29 is 0 Å². The van der Waals surface area contributed by atoms with Crippen LogP contribution in [0.5, 0.6) is 0 Å². The van der Waals surface area contributed by atoms with Crippen LogP contribution in [-0.2, 0) is 5.75 Å². The van der Waals surface area contributed by atoms with Gasteiger partial charge >= 0.3 is 0 Å². The maximum absolute atomic E-state index is 4.63. The van der Waals surface area contributed by atoms with Crippen molar-refractivity contribution in [3.63, 3.8) is 0 Å². The molecule has 2 aromatic rings. The minimum Gasteiger partial charge on any atom is -0.226 e. The van der Waals surface area contributed by atoms with Crippen molar-refractivity contribution in [1.29, 1.82) is 0 Å². The second kappa shape index (κ2) is 5.18. The van der Waals surface area contributed by atoms with Crippen LogP contribution in [0.4, 0.5) is 0 Å². The Bertz CT molecular complexity index is 857. The Labute approximate surface area is 126 Å². The van der Waals surface area contributed by atoms with Crippen LogP contribution >= 0.6 is 11.9 Å². The van der Waals surface area contributed by atoms with E-state index in [2.05, 4.69) is 27.2 Å². The highest BCUT2D eigenvalue weighted by Crippen LogP contribution is 2.27. The maximum Gasteiger partial charge on any atom is 0.182 e. The van der Waals surface area contributed by atoms with Crippen molar-refractivity contribution in [3.05, 3.63) is 66.5 Å². The lowest BCUT2D eigenvalue weighted by Crippen LogP contribution is -2.00. The van der Waals surface area contributed by atoms with Crippen LogP contribution in [0, 0.1) is 0 Å². The van der Waals surface area contributed by atoms with E-state index in [4.69, 9.17) is 0 Å². The zero-order valence-electron chi connectivity index (χ0n) is 11.2. The maximum atomic E-state index is 4.63. The van der Waals surface area contributed by atoms with Gasteiger partial charge < -0.3 is 0 Å². The zero-order valence-corrected chi connectivity index (χ0v) is 12.0. The zero-order chi connectivity index (χ0) is 14.1. The molecule has 2 heterocycles. The van der Waals surface area contributed by atoms with Gasteiger partial charge in [0, 0.05) is 11.1 Å². The first kappa shape index (κ1) is 12.3. The first-order valence-electron chi connectivity index (χ1n) is 6.67. The fourth-order valence-corrected chi connectivity index (χ4v) is 2.98. The van der Waals surface area contributed by atoms with Gasteiger partial charge in [-0.1, -0.05) is 48.5 Å². The topological polar surface area (TPSA) is 43.6 Å². The second-order valence-corrected chi connectivity index (χ2v) is 5.63. The first-order valence-corrected chi connectivity index (χ1v) is 7.62. The highest BCUT2D eigenvalue weighted by atomic mass is 32.2. The Morgan fingerprint density at radius 2 is 1.76 bits per heavy atom. The van der Waals surface area contributed by atoms with Gasteiger partial charge in [-0.15, -0.1) is 0 Å². The Morgan fingerprint density at radius 1 is 0.952 bits per heavy atom. The van der Waals surface area contributed by atoms with Crippen molar-refractivity contribution in [2.24, 2.45) is 0 Å². The summed E-state index contributed by atoms with van der Waals surface area (Å²) in [6.07, 6.45) is 1.72. The third-order valence-corrected chi connectivity index (χ3v) is 4.18. The Hall–Kier alpha value is -2.40. The highest BCUT2D eigenvalue weighted by molar-refractivity contribution is 7.96. The van der Waals surface area contributed by atoms with Crippen molar-refractivity contribution in [1.82, 2.24) is 19.2 Å². The number of aromatic nitrogens is 4. The minimum absolute atomic E-state index is 0.702. The quantitative estimate of drug-likeness (QED) is 0.578. The van der Waals surface area contributed by atoms with Crippen LogP contribution in [0.2, 0.25) is 0 Å². The van der Waals surface area contributed by atoms with Gasteiger partial charge in [-0.2, -0.15) is 9.19 Å². The van der Waals surface area contributed by atoms with E-state index in [0.717, 1.165) is 22.3 Å². The third kappa shape index (κ3) is 2.36. The number of hydrogen-bond acceptors (Lipinski definition) is 4. The predicted octanol–water partition coefficient (Wildman–Crippen LogP) is 3.63. The summed E-state index contributed by atoms with van der Waals surface area (Å²) in [5.41, 5.74) is 3.06. The molecular weight excluding hydrogens is 280 g/mol. The van der Waals surface area contributed by atoms with Gasteiger partial charge in [-0.25, -0.2) is 9.97 Å². The molecule has 0 unspecified atom stereocenters. The highest BCUT2D eigenvalue weighted by Gasteiger charge is 2.14. The number of benzene rings is 2. The molecule has 0 bridgehead atoms. The van der Waals surface area contributed by atoms with Crippen LogP contribution < -0.4 is 0 Å². The molecule has 2 aliphatic heterocycles. The molecule has 0 atom stereocenters. The average molecular weight is 292 g/mol. The Morgan fingerprint density at radius 3 is 2.67 bits per heavy atom. The SMILES string of the molecule is c1ccc(CSn2cnc3nc4ccccc4c-3n2)cc1. The minimum atomic E-state index is 0.702. The van der Waals surface area contributed by atoms with Crippen molar-refractivity contribution in [2.45, 2.75) is 5.75 Å². The van der Waals surface area contributed by atoms with E-state index in [1.54, 1.807) is 18.3 Å². The fourth-order valence-electron chi connectivity index (χ4n) is 2.25. The van der Waals surface area contributed by atoms with E-state index in [1.165, 1.54) is 5.56 Å². The monoisotopic (exact) mass is 292 g/mol. The standard InChI is InChI=1S/C16H12N4S/c1-2-6-12(7-3-1)10-21-20-11-17-16-15(19-20)13-8-4-5-9-14(13)18-16/h1-9,11H,10H2. The fraction of sp³-hybridized carbons (Fsp3) is 0.0625. The molecule has 5 heteroatoms. The summed E-state index contributed by atoms with van der Waals surface area (Å²) in [5.74, 6) is 1.56. The molecule has 2 aromatic carbocycles. The molecule has 21 heavy (non-hydrogen) atoms. The van der Waals surface area contributed by atoms with Gasteiger partial charge in [0.2, 0.25) is 0 Å². The molecule has 0 saturated carbocycles. The molecule has 2 aliphatic rings. The van der Waals surface area contributed by atoms with Crippen LogP contribution in [0.15, 0.2) is 60.9 Å². The lowest BCUT2D eigenvalue weighted by atomic mass is 10.2. The van der Waals surface area contributed by atoms with Crippen LogP contribution in [0.3, 0.4) is 0 Å². The molecule has 0 spiro atoms. The van der Waals surface area contributed by atoms with E-state index >= 15 is 0 Å². The summed E-state index contributed by atoms with van der Waals surface area (Å²) < 4.78 is 1.81. The normalized spacial score (nSPS) is 11.2. The molecule has 4 rings (SSSR count). The summed E-state index contributed by atoms with van der Waals surface area (Å²) in [6.45, 7) is 0. The molecule has 0 fully saturated rings. The summed E-state index contributed by atoms with van der Waals surface area (Å²) in [5, 5.41) is 5.68. The Kier molecular flexibility index (Phi) is 3.05. The average Bonchev–Trinajstić information content (AvgIpc) is 2.92. The third-order valence-electron chi connectivity index (χ3n) is 3.28. The molecular formula is C16H12N4S. The Balaban J connectivity index is 1.67. The first-order chi connectivity index (χ1) is 10.4. The molecule has 0 radical (unpaired) electrons. The lowest BCUT2D eigenvalue weighted by molar-refractivity contribution is 0.907. The number of nitrogens with zero attached hydrogens (tertiary/aromatic N) is 4. The van der Waals surface area contributed by atoms with Crippen molar-refractivity contribution in [2.75, 3.05) is 0 Å². The molecule has 0 saturated heterocycles. The summed E-state index contributed by atoms with van der Waals surface area (Å²) in [6, 6.07) is 18.3.